The summed E-state index contributed by atoms with van der Waals surface area (Å²) >= 11 is 0. The van der Waals surface area contributed by atoms with E-state index in [0.29, 0.717) is 28.7 Å². The molecule has 0 bridgehead atoms. The van der Waals surface area contributed by atoms with Gasteiger partial charge in [0.2, 0.25) is 0 Å². The van der Waals surface area contributed by atoms with Crippen molar-refractivity contribution in [1.82, 2.24) is 0 Å². The predicted molar refractivity (Wildman–Crippen MR) is 120 cm³/mol. The summed E-state index contributed by atoms with van der Waals surface area (Å²) in [5.74, 6) is -1.78. The van der Waals surface area contributed by atoms with E-state index in [-0.39, 0.29) is 35.7 Å². The first-order valence-corrected chi connectivity index (χ1v) is 11.8. The lowest BCUT2D eigenvalue weighted by Gasteiger charge is -2.19. The van der Waals surface area contributed by atoms with Crippen molar-refractivity contribution in [1.29, 1.82) is 0 Å². The third-order valence-corrected chi connectivity index (χ3v) is 6.91. The first kappa shape index (κ1) is 24.5. The average molecular weight is 475 g/mol. The average Bonchev–Trinajstić information content (AvgIpc) is 3.15. The summed E-state index contributed by atoms with van der Waals surface area (Å²) in [6.45, 7) is 4.88. The largest absolute Gasteiger partial charge is 0.481 e. The van der Waals surface area contributed by atoms with Crippen molar-refractivity contribution >= 4 is 22.1 Å². The van der Waals surface area contributed by atoms with Gasteiger partial charge in [-0.15, -0.1) is 0 Å². The van der Waals surface area contributed by atoms with Gasteiger partial charge in [-0.1, -0.05) is 29.3 Å². The molecular weight excluding hydrogens is 448 g/mol. The zero-order chi connectivity index (χ0) is 24.3. The van der Waals surface area contributed by atoms with Gasteiger partial charge in [0.05, 0.1) is 6.61 Å². The van der Waals surface area contributed by atoms with Crippen LogP contribution in [0.5, 0.6) is 5.75 Å². The van der Waals surface area contributed by atoms with Crippen molar-refractivity contribution in [3.05, 3.63) is 69.3 Å². The molecule has 3 rings (SSSR count). The first-order chi connectivity index (χ1) is 15.5. The number of hydrogen-bond donors (Lipinski definition) is 2. The van der Waals surface area contributed by atoms with Crippen LogP contribution in [0, 0.1) is 13.8 Å². The summed E-state index contributed by atoms with van der Waals surface area (Å²) in [6.07, 6.45) is 2.15. The maximum Gasteiger partial charge on any atom is 0.342 e. The molecule has 0 unspecified atom stereocenters. The van der Waals surface area contributed by atoms with Crippen LogP contribution >= 0.6 is 0 Å². The predicted octanol–water partition coefficient (Wildman–Crippen LogP) is 3.59. The molecule has 8 nitrogen and oxygen atoms in total. The molecule has 33 heavy (non-hydrogen) atoms. The van der Waals surface area contributed by atoms with E-state index in [1.807, 2.05) is 6.92 Å². The zero-order valence-corrected chi connectivity index (χ0v) is 19.5. The molecule has 0 spiro atoms. The number of fused-ring (bicyclic) bond motifs is 1. The number of carboxylic acid groups (broad SMARTS) is 1. The summed E-state index contributed by atoms with van der Waals surface area (Å²) in [6, 6.07) is 6.11. The third-order valence-electron chi connectivity index (χ3n) is 5.67. The van der Waals surface area contributed by atoms with Crippen LogP contribution in [0.15, 0.2) is 40.8 Å². The van der Waals surface area contributed by atoms with Gasteiger partial charge in [0.15, 0.2) is 5.75 Å². The minimum absolute atomic E-state index is 0.0342. The fourth-order valence-corrected chi connectivity index (χ4v) is 4.66. The second kappa shape index (κ2) is 9.76. The summed E-state index contributed by atoms with van der Waals surface area (Å²) in [4.78, 5) is 23.3. The lowest BCUT2D eigenvalue weighted by molar-refractivity contribution is -0.136. The van der Waals surface area contributed by atoms with Gasteiger partial charge in [0.25, 0.3) is 0 Å². The summed E-state index contributed by atoms with van der Waals surface area (Å²) in [7, 11) is -4.28. The van der Waals surface area contributed by atoms with E-state index in [2.05, 4.69) is 0 Å². The van der Waals surface area contributed by atoms with Crippen LogP contribution in [0.4, 0.5) is 0 Å². The minimum atomic E-state index is -4.28. The molecule has 0 atom stereocenters. The lowest BCUT2D eigenvalue weighted by Crippen LogP contribution is -2.16. The topological polar surface area (TPSA) is 127 Å². The molecule has 176 valence electrons. The summed E-state index contributed by atoms with van der Waals surface area (Å²) in [5.41, 5.74) is 3.58. The van der Waals surface area contributed by atoms with E-state index < -0.39 is 28.7 Å². The molecule has 2 aromatic rings. The number of esters is 1. The van der Waals surface area contributed by atoms with Crippen LogP contribution in [0.2, 0.25) is 0 Å². The maximum absolute atomic E-state index is 13.1. The Bertz CT molecular complexity index is 1220. The van der Waals surface area contributed by atoms with Gasteiger partial charge < -0.3 is 19.1 Å². The number of aliphatic carboxylic acids is 1. The Kier molecular flexibility index (Phi) is 7.24. The van der Waals surface area contributed by atoms with Crippen LogP contribution < -0.4 is 4.18 Å². The molecular formula is C24H26O8S. The van der Waals surface area contributed by atoms with E-state index in [4.69, 9.17) is 14.0 Å². The number of carboxylic acids is 1. The molecule has 0 aliphatic carbocycles. The van der Waals surface area contributed by atoms with Crippen LogP contribution in [0.1, 0.15) is 57.9 Å². The van der Waals surface area contributed by atoms with Gasteiger partial charge in [-0.25, -0.2) is 4.79 Å². The van der Waals surface area contributed by atoms with E-state index in [0.717, 1.165) is 11.1 Å². The highest BCUT2D eigenvalue weighted by Crippen LogP contribution is 2.40. The fourth-order valence-electron chi connectivity index (χ4n) is 3.69. The number of ether oxygens (including phenoxy) is 1. The number of carbonyl (C=O) groups excluding carboxylic acids is 1. The van der Waals surface area contributed by atoms with Crippen LogP contribution in [0.3, 0.4) is 0 Å². The summed E-state index contributed by atoms with van der Waals surface area (Å²) < 4.78 is 36.8. The molecule has 0 saturated heterocycles. The standard InChI is InChI=1S/C24H26O8S/c1-14-4-8-17(9-5-14)33(29,30)32-23-18(10-6-15(2)7-11-21(26)27)19(12-25)16(3)20-13-31-24(28)22(20)23/h4-6,8-9,25H,7,10-13H2,1-3H3,(H,26,27)/b15-6+. The van der Waals surface area contributed by atoms with Crippen molar-refractivity contribution in [2.24, 2.45) is 0 Å². The minimum Gasteiger partial charge on any atom is -0.481 e. The Hall–Kier alpha value is -3.17. The van der Waals surface area contributed by atoms with Crippen molar-refractivity contribution in [3.8, 4) is 5.75 Å². The Balaban J connectivity index is 2.13. The molecule has 1 aliphatic rings. The molecule has 9 heteroatoms. The number of aryl methyl sites for hydroxylation is 1. The van der Waals surface area contributed by atoms with Crippen LogP contribution in [0.25, 0.3) is 0 Å². The molecule has 1 aliphatic heterocycles. The number of carbonyl (C=O) groups is 2. The highest BCUT2D eigenvalue weighted by Gasteiger charge is 2.34. The molecule has 0 aromatic heterocycles. The highest BCUT2D eigenvalue weighted by atomic mass is 32.2. The van der Waals surface area contributed by atoms with Gasteiger partial charge in [0.1, 0.15) is 17.1 Å². The van der Waals surface area contributed by atoms with Gasteiger partial charge in [0, 0.05) is 17.5 Å². The fraction of sp³-hybridized carbons (Fsp3) is 0.333. The molecule has 0 amide bonds. The zero-order valence-electron chi connectivity index (χ0n) is 18.7. The van der Waals surface area contributed by atoms with Gasteiger partial charge >= 0.3 is 22.1 Å². The highest BCUT2D eigenvalue weighted by molar-refractivity contribution is 7.87. The normalized spacial score (nSPS) is 13.6. The van der Waals surface area contributed by atoms with E-state index in [9.17, 15) is 23.1 Å². The molecule has 1 heterocycles. The second-order valence-corrected chi connectivity index (χ2v) is 9.54. The number of aliphatic hydroxyl groups excluding tert-OH is 1. The quantitative estimate of drug-likeness (QED) is 0.321. The number of benzene rings is 2. The van der Waals surface area contributed by atoms with Crippen molar-refractivity contribution in [3.63, 3.8) is 0 Å². The Morgan fingerprint density at radius 1 is 1.15 bits per heavy atom. The van der Waals surface area contributed by atoms with Gasteiger partial charge in [-0.2, -0.15) is 8.42 Å². The number of hydrogen-bond acceptors (Lipinski definition) is 7. The summed E-state index contributed by atoms with van der Waals surface area (Å²) in [5, 5.41) is 19.0. The number of allylic oxidation sites excluding steroid dienone is 2. The molecule has 0 saturated carbocycles. The monoisotopic (exact) mass is 474 g/mol. The number of rotatable bonds is 9. The van der Waals surface area contributed by atoms with Gasteiger partial charge in [-0.05, 0) is 56.9 Å². The molecule has 0 radical (unpaired) electrons. The first-order valence-electron chi connectivity index (χ1n) is 10.4. The third kappa shape index (κ3) is 5.26. The number of cyclic esters (lactones) is 1. The van der Waals surface area contributed by atoms with E-state index in [1.54, 1.807) is 32.1 Å². The van der Waals surface area contributed by atoms with E-state index >= 15 is 0 Å². The molecule has 2 N–H and O–H groups in total. The Labute approximate surface area is 192 Å². The smallest absolute Gasteiger partial charge is 0.342 e. The number of aliphatic hydroxyl groups is 1. The molecule has 2 aromatic carbocycles. The van der Waals surface area contributed by atoms with Gasteiger partial charge in [-0.3, -0.25) is 4.79 Å². The lowest BCUT2D eigenvalue weighted by atomic mass is 9.90. The van der Waals surface area contributed by atoms with Crippen molar-refractivity contribution < 1.29 is 37.1 Å². The van der Waals surface area contributed by atoms with Crippen LogP contribution in [-0.2, 0) is 39.3 Å². The van der Waals surface area contributed by atoms with Crippen molar-refractivity contribution in [2.45, 2.75) is 58.1 Å². The van der Waals surface area contributed by atoms with Crippen LogP contribution in [-0.4, -0.2) is 30.6 Å². The maximum atomic E-state index is 13.1. The van der Waals surface area contributed by atoms with Crippen molar-refractivity contribution in [2.75, 3.05) is 0 Å². The Morgan fingerprint density at radius 2 is 1.82 bits per heavy atom. The van der Waals surface area contributed by atoms with E-state index in [1.165, 1.54) is 12.1 Å². The molecule has 0 fully saturated rings. The Morgan fingerprint density at radius 3 is 2.42 bits per heavy atom. The SMILES string of the molecule is C/C(=C\Cc1c(CO)c(C)c2c(c1OS(=O)(=O)c1ccc(C)cc1)C(=O)OC2)CCC(=O)O. The second-order valence-electron chi connectivity index (χ2n) is 8.00.